The van der Waals surface area contributed by atoms with Gasteiger partial charge in [-0.1, -0.05) is 94.0 Å². The van der Waals surface area contributed by atoms with E-state index in [1.165, 1.54) is 64.2 Å². The molecule has 4 nitrogen and oxygen atoms in total. The van der Waals surface area contributed by atoms with E-state index in [1.807, 2.05) is 0 Å². The fraction of sp³-hybridized carbons (Fsp3) is 0.963. The number of esters is 1. The first-order valence-electron chi connectivity index (χ1n) is 13.7. The summed E-state index contributed by atoms with van der Waals surface area (Å²) in [6.07, 6.45) is 21.5. The van der Waals surface area contributed by atoms with Crippen LogP contribution in [-0.4, -0.2) is 37.4 Å². The number of unbranched alkanes of at least 4 members (excludes halogenated alkanes) is 13. The lowest BCUT2D eigenvalue weighted by Gasteiger charge is -2.19. The van der Waals surface area contributed by atoms with E-state index in [4.69, 9.17) is 14.2 Å². The SMILES string of the molecule is CCCCCCCCOC(CCCCC(=O)OCCCCCBr)OCCCCCCCC. The van der Waals surface area contributed by atoms with Crippen LogP contribution in [0.25, 0.3) is 0 Å². The summed E-state index contributed by atoms with van der Waals surface area (Å²) in [6, 6.07) is 0. The first kappa shape index (κ1) is 31.9. The van der Waals surface area contributed by atoms with Gasteiger partial charge < -0.3 is 14.2 Å². The van der Waals surface area contributed by atoms with Gasteiger partial charge in [-0.15, -0.1) is 0 Å². The summed E-state index contributed by atoms with van der Waals surface area (Å²) in [6.45, 7) is 6.62. The van der Waals surface area contributed by atoms with Crippen molar-refractivity contribution in [2.45, 2.75) is 142 Å². The fourth-order valence-corrected chi connectivity index (χ4v) is 4.02. The Kier molecular flexibility index (Phi) is 27.0. The van der Waals surface area contributed by atoms with Crippen molar-refractivity contribution < 1.29 is 19.0 Å². The first-order valence-corrected chi connectivity index (χ1v) is 14.8. The van der Waals surface area contributed by atoms with Crippen LogP contribution in [-0.2, 0) is 19.0 Å². The first-order chi connectivity index (χ1) is 15.7. The minimum absolute atomic E-state index is 0.0682. The highest BCUT2D eigenvalue weighted by Gasteiger charge is 2.11. The summed E-state index contributed by atoms with van der Waals surface area (Å²) in [5.74, 6) is -0.0682. The highest BCUT2D eigenvalue weighted by Crippen LogP contribution is 2.13. The van der Waals surface area contributed by atoms with Gasteiger partial charge in [-0.3, -0.25) is 4.79 Å². The van der Waals surface area contributed by atoms with E-state index in [2.05, 4.69) is 29.8 Å². The molecule has 0 aliphatic rings. The summed E-state index contributed by atoms with van der Waals surface area (Å²) in [7, 11) is 0. The van der Waals surface area contributed by atoms with Crippen molar-refractivity contribution in [1.82, 2.24) is 0 Å². The second kappa shape index (κ2) is 27.1. The van der Waals surface area contributed by atoms with Crippen LogP contribution in [0.5, 0.6) is 0 Å². The van der Waals surface area contributed by atoms with E-state index in [0.717, 1.165) is 69.9 Å². The molecule has 0 bridgehead atoms. The van der Waals surface area contributed by atoms with E-state index < -0.39 is 0 Å². The molecule has 0 unspecified atom stereocenters. The van der Waals surface area contributed by atoms with Crippen LogP contribution in [0.4, 0.5) is 0 Å². The molecule has 0 saturated carbocycles. The summed E-state index contributed by atoms with van der Waals surface area (Å²) in [5.41, 5.74) is 0. The van der Waals surface area contributed by atoms with Crippen molar-refractivity contribution in [3.05, 3.63) is 0 Å². The van der Waals surface area contributed by atoms with Crippen LogP contribution >= 0.6 is 15.9 Å². The normalized spacial score (nSPS) is 11.4. The van der Waals surface area contributed by atoms with Gasteiger partial charge in [-0.05, 0) is 51.4 Å². The largest absolute Gasteiger partial charge is 0.466 e. The molecule has 5 heteroatoms. The van der Waals surface area contributed by atoms with Gasteiger partial charge in [-0.2, -0.15) is 0 Å². The number of carbonyl (C=O) groups excluding carboxylic acids is 1. The molecular formula is C27H53BrO4. The van der Waals surface area contributed by atoms with Crippen molar-refractivity contribution >= 4 is 21.9 Å². The quantitative estimate of drug-likeness (QED) is 0.0494. The van der Waals surface area contributed by atoms with Crippen molar-refractivity contribution in [2.75, 3.05) is 25.2 Å². The number of hydrogen-bond acceptors (Lipinski definition) is 4. The maximum Gasteiger partial charge on any atom is 0.305 e. The maximum absolute atomic E-state index is 11.9. The molecule has 32 heavy (non-hydrogen) atoms. The van der Waals surface area contributed by atoms with Crippen molar-refractivity contribution in [3.8, 4) is 0 Å². The molecule has 0 heterocycles. The lowest BCUT2D eigenvalue weighted by Crippen LogP contribution is -2.19. The van der Waals surface area contributed by atoms with Crippen LogP contribution in [0.3, 0.4) is 0 Å². The van der Waals surface area contributed by atoms with Crippen LogP contribution < -0.4 is 0 Å². The molecule has 0 amide bonds. The molecule has 0 N–H and O–H groups in total. The van der Waals surface area contributed by atoms with Gasteiger partial charge in [0.05, 0.1) is 6.61 Å². The van der Waals surface area contributed by atoms with E-state index in [-0.39, 0.29) is 12.3 Å². The predicted molar refractivity (Wildman–Crippen MR) is 140 cm³/mol. The lowest BCUT2D eigenvalue weighted by atomic mass is 10.1. The molecule has 0 rings (SSSR count). The van der Waals surface area contributed by atoms with Crippen LogP contribution in [0.15, 0.2) is 0 Å². The van der Waals surface area contributed by atoms with Gasteiger partial charge in [0, 0.05) is 25.0 Å². The number of alkyl halides is 1. The van der Waals surface area contributed by atoms with E-state index in [0.29, 0.717) is 13.0 Å². The highest BCUT2D eigenvalue weighted by molar-refractivity contribution is 9.09. The monoisotopic (exact) mass is 520 g/mol. The number of halogens is 1. The molecule has 0 aromatic rings. The van der Waals surface area contributed by atoms with E-state index >= 15 is 0 Å². The molecule has 0 fully saturated rings. The summed E-state index contributed by atoms with van der Waals surface area (Å²) in [5, 5.41) is 1.02. The maximum atomic E-state index is 11.9. The number of hydrogen-bond donors (Lipinski definition) is 0. The molecule has 0 aliphatic carbocycles. The van der Waals surface area contributed by atoms with E-state index in [9.17, 15) is 4.79 Å². The van der Waals surface area contributed by atoms with E-state index in [1.54, 1.807) is 0 Å². The Labute approximate surface area is 208 Å². The van der Waals surface area contributed by atoms with Crippen LogP contribution in [0.1, 0.15) is 136 Å². The minimum Gasteiger partial charge on any atom is -0.466 e. The third kappa shape index (κ3) is 24.5. The van der Waals surface area contributed by atoms with Crippen LogP contribution in [0.2, 0.25) is 0 Å². The Hall–Kier alpha value is -0.130. The zero-order chi connectivity index (χ0) is 23.5. The average molecular weight is 522 g/mol. The topological polar surface area (TPSA) is 44.8 Å². The Morgan fingerprint density at radius 1 is 0.625 bits per heavy atom. The zero-order valence-electron chi connectivity index (χ0n) is 21.4. The smallest absolute Gasteiger partial charge is 0.305 e. The summed E-state index contributed by atoms with van der Waals surface area (Å²) < 4.78 is 17.4. The Morgan fingerprint density at radius 3 is 1.69 bits per heavy atom. The molecule has 0 radical (unpaired) electrons. The Morgan fingerprint density at radius 2 is 1.12 bits per heavy atom. The lowest BCUT2D eigenvalue weighted by molar-refractivity contribution is -0.149. The predicted octanol–water partition coefficient (Wildman–Crippen LogP) is 8.74. The molecule has 0 aromatic heterocycles. The van der Waals surface area contributed by atoms with Gasteiger partial charge in [0.25, 0.3) is 0 Å². The van der Waals surface area contributed by atoms with Gasteiger partial charge in [-0.25, -0.2) is 0 Å². The van der Waals surface area contributed by atoms with Crippen molar-refractivity contribution in [3.63, 3.8) is 0 Å². The number of ether oxygens (including phenoxy) is 3. The van der Waals surface area contributed by atoms with Gasteiger partial charge in [0.2, 0.25) is 0 Å². The van der Waals surface area contributed by atoms with Crippen molar-refractivity contribution in [2.24, 2.45) is 0 Å². The van der Waals surface area contributed by atoms with Crippen LogP contribution in [0, 0.1) is 0 Å². The highest BCUT2D eigenvalue weighted by atomic mass is 79.9. The summed E-state index contributed by atoms with van der Waals surface area (Å²) in [4.78, 5) is 11.9. The van der Waals surface area contributed by atoms with Gasteiger partial charge in [0.15, 0.2) is 6.29 Å². The third-order valence-electron chi connectivity index (χ3n) is 5.72. The average Bonchev–Trinajstić information content (AvgIpc) is 2.79. The molecule has 0 aliphatic heterocycles. The van der Waals surface area contributed by atoms with Crippen molar-refractivity contribution in [1.29, 1.82) is 0 Å². The summed E-state index contributed by atoms with van der Waals surface area (Å²) >= 11 is 3.42. The molecule has 0 atom stereocenters. The second-order valence-electron chi connectivity index (χ2n) is 8.92. The zero-order valence-corrected chi connectivity index (χ0v) is 22.9. The second-order valence-corrected chi connectivity index (χ2v) is 9.72. The third-order valence-corrected chi connectivity index (χ3v) is 6.28. The van der Waals surface area contributed by atoms with Gasteiger partial charge >= 0.3 is 5.97 Å². The minimum atomic E-state index is -0.124. The van der Waals surface area contributed by atoms with Gasteiger partial charge in [0.1, 0.15) is 0 Å². The molecule has 0 aromatic carbocycles. The fourth-order valence-electron chi connectivity index (χ4n) is 3.62. The Bertz CT molecular complexity index is 361. The number of rotatable bonds is 26. The molecular weight excluding hydrogens is 468 g/mol. The number of carbonyl (C=O) groups is 1. The molecule has 192 valence electrons. The standard InChI is InChI=1S/C27H53BrO4/c1-3-5-7-9-11-17-24-31-27(32-25-18-12-10-8-6-4-2)21-15-14-20-26(29)30-23-19-13-16-22-28/h27H,3-25H2,1-2H3. The Balaban J connectivity index is 3.94. The molecule has 0 saturated heterocycles. The molecule has 0 spiro atoms.